The lowest BCUT2D eigenvalue weighted by molar-refractivity contribution is 0.0930. The van der Waals surface area contributed by atoms with Crippen molar-refractivity contribution in [3.05, 3.63) is 0 Å². The van der Waals surface area contributed by atoms with Crippen molar-refractivity contribution in [2.45, 2.75) is 30.3 Å². The first kappa shape index (κ1) is 19.3. The molecule has 1 aliphatic rings. The van der Waals surface area contributed by atoms with Gasteiger partial charge in [-0.25, -0.2) is 0 Å². The molecule has 0 aliphatic carbocycles. The van der Waals surface area contributed by atoms with E-state index in [-0.39, 0.29) is 35.5 Å². The zero-order valence-corrected chi connectivity index (χ0v) is 12.5. The lowest BCUT2D eigenvalue weighted by Gasteiger charge is -2.10. The second kappa shape index (κ2) is 11.0. The molecule has 5 N–H and O–H groups in total. The summed E-state index contributed by atoms with van der Waals surface area (Å²) in [5, 5.41) is 36.5. The van der Waals surface area contributed by atoms with Crippen molar-refractivity contribution in [1.29, 1.82) is 0 Å². The van der Waals surface area contributed by atoms with E-state index >= 15 is 0 Å². The molecule has 1 rings (SSSR count). The molecule has 5 unspecified atom stereocenters. The van der Waals surface area contributed by atoms with Crippen molar-refractivity contribution in [2.24, 2.45) is 0 Å². The van der Waals surface area contributed by atoms with Gasteiger partial charge in [0.15, 0.2) is 0 Å². The summed E-state index contributed by atoms with van der Waals surface area (Å²) in [4.78, 5) is 0. The molecule has 1 saturated heterocycles. The molecular weight excluding hydrogens is 296 g/mol. The molecule has 1 aliphatic heterocycles. The molecule has 5 atom stereocenters. The minimum atomic E-state index is -2.07. The van der Waals surface area contributed by atoms with E-state index in [1.807, 2.05) is 0 Å². The summed E-state index contributed by atoms with van der Waals surface area (Å²) >= 11 is -2.07. The van der Waals surface area contributed by atoms with Crippen LogP contribution < -0.4 is 0 Å². The summed E-state index contributed by atoms with van der Waals surface area (Å²) < 4.78 is 20.6. The Bertz CT molecular complexity index is 254. The van der Waals surface area contributed by atoms with Crippen LogP contribution in [0.5, 0.6) is 0 Å². The molecule has 0 spiro atoms. The van der Waals surface area contributed by atoms with Gasteiger partial charge in [0.25, 0.3) is 0 Å². The monoisotopic (exact) mass is 319 g/mol. The SMILES string of the molecule is COS(=O)O.OCC(O)CC[S+]1CC(O)CC1CO. The maximum atomic E-state index is 9.41. The number of aliphatic hydroxyl groups excluding tert-OH is 4. The van der Waals surface area contributed by atoms with Crippen LogP contribution in [0, 0.1) is 0 Å². The molecular formula is C10H23O7S2+. The van der Waals surface area contributed by atoms with Gasteiger partial charge in [0.05, 0.1) is 26.4 Å². The lowest BCUT2D eigenvalue weighted by atomic mass is 10.2. The highest BCUT2D eigenvalue weighted by Crippen LogP contribution is 2.23. The summed E-state index contributed by atoms with van der Waals surface area (Å²) in [5.74, 6) is 1.54. The van der Waals surface area contributed by atoms with Crippen molar-refractivity contribution in [1.82, 2.24) is 0 Å². The second-order valence-electron chi connectivity index (χ2n) is 4.11. The molecule has 7 nitrogen and oxygen atoms in total. The van der Waals surface area contributed by atoms with Crippen molar-refractivity contribution in [3.63, 3.8) is 0 Å². The van der Waals surface area contributed by atoms with Gasteiger partial charge in [0.1, 0.15) is 22.9 Å². The molecule has 0 aromatic heterocycles. The topological polar surface area (TPSA) is 127 Å². The highest BCUT2D eigenvalue weighted by molar-refractivity contribution is 7.97. The van der Waals surface area contributed by atoms with Crippen molar-refractivity contribution in [2.75, 3.05) is 31.8 Å². The van der Waals surface area contributed by atoms with Crippen molar-refractivity contribution < 1.29 is 33.4 Å². The maximum absolute atomic E-state index is 9.41. The number of aliphatic hydroxyl groups is 4. The summed E-state index contributed by atoms with van der Waals surface area (Å²) in [6.07, 6.45) is 0.291. The number of rotatable bonds is 6. The van der Waals surface area contributed by atoms with E-state index < -0.39 is 17.5 Å². The standard InChI is InChI=1S/C9H19O4S.CH4O3S/c10-4-7(12)1-2-14-6-8(13)3-9(14)5-11;1-4-5(2)3/h7-13H,1-6H2;1H3,(H,2,3)/q+1;. The second-order valence-corrected chi connectivity index (χ2v) is 7.36. The summed E-state index contributed by atoms with van der Waals surface area (Å²) in [5.41, 5.74) is 0. The van der Waals surface area contributed by atoms with Gasteiger partial charge < -0.3 is 20.4 Å². The average Bonchev–Trinajstić information content (AvgIpc) is 2.76. The normalized spacial score (nSPS) is 29.5. The third-order valence-electron chi connectivity index (χ3n) is 2.68. The molecule has 0 bridgehead atoms. The van der Waals surface area contributed by atoms with E-state index in [0.717, 1.165) is 18.6 Å². The average molecular weight is 319 g/mol. The molecule has 0 saturated carbocycles. The third kappa shape index (κ3) is 8.92. The minimum Gasteiger partial charge on any atom is -0.394 e. The van der Waals surface area contributed by atoms with E-state index in [0.29, 0.717) is 12.8 Å². The maximum Gasteiger partial charge on any atom is 0.301 e. The third-order valence-corrected chi connectivity index (χ3v) is 5.83. The quantitative estimate of drug-likeness (QED) is 0.290. The van der Waals surface area contributed by atoms with Crippen molar-refractivity contribution in [3.8, 4) is 0 Å². The van der Waals surface area contributed by atoms with Crippen LogP contribution in [-0.4, -0.2) is 78.5 Å². The fraction of sp³-hybridized carbons (Fsp3) is 1.00. The number of hydrogen-bond donors (Lipinski definition) is 5. The predicted molar refractivity (Wildman–Crippen MR) is 74.1 cm³/mol. The molecule has 1 heterocycles. The van der Waals surface area contributed by atoms with Gasteiger partial charge in [-0.15, -0.1) is 0 Å². The largest absolute Gasteiger partial charge is 0.394 e. The summed E-state index contributed by atoms with van der Waals surface area (Å²) in [6, 6.07) is 0. The van der Waals surface area contributed by atoms with Crippen LogP contribution in [0.25, 0.3) is 0 Å². The molecule has 0 aromatic carbocycles. The van der Waals surface area contributed by atoms with Crippen LogP contribution in [-0.2, 0) is 26.4 Å². The van der Waals surface area contributed by atoms with Crippen LogP contribution >= 0.6 is 0 Å². The van der Waals surface area contributed by atoms with Gasteiger partial charge in [0.2, 0.25) is 0 Å². The molecule has 19 heavy (non-hydrogen) atoms. The highest BCUT2D eigenvalue weighted by atomic mass is 32.2. The van der Waals surface area contributed by atoms with Gasteiger partial charge in [-0.05, 0) is 10.9 Å². The molecule has 0 radical (unpaired) electrons. The molecule has 0 amide bonds. The number of hydrogen-bond acceptors (Lipinski definition) is 6. The van der Waals surface area contributed by atoms with Crippen LogP contribution in [0.1, 0.15) is 12.8 Å². The molecule has 116 valence electrons. The fourth-order valence-corrected chi connectivity index (χ4v) is 4.38. The van der Waals surface area contributed by atoms with E-state index in [2.05, 4.69) is 4.18 Å². The zero-order chi connectivity index (χ0) is 14.8. The Balaban J connectivity index is 0.000000555. The fourth-order valence-electron chi connectivity index (χ4n) is 1.70. The van der Waals surface area contributed by atoms with Crippen molar-refractivity contribution >= 4 is 22.3 Å². The lowest BCUT2D eigenvalue weighted by Crippen LogP contribution is -2.26. The Labute approximate surface area is 118 Å². The van der Waals surface area contributed by atoms with Gasteiger partial charge in [-0.1, -0.05) is 0 Å². The molecule has 1 fully saturated rings. The summed E-state index contributed by atoms with van der Waals surface area (Å²) in [7, 11) is 1.16. The molecule has 9 heteroatoms. The van der Waals surface area contributed by atoms with Crippen LogP contribution in [0.15, 0.2) is 0 Å². The van der Waals surface area contributed by atoms with E-state index in [9.17, 15) is 14.4 Å². The first-order valence-electron chi connectivity index (χ1n) is 5.84. The minimum absolute atomic E-state index is 0.0115. The van der Waals surface area contributed by atoms with Gasteiger partial charge >= 0.3 is 11.4 Å². The van der Waals surface area contributed by atoms with Gasteiger partial charge in [-0.3, -0.25) is 8.74 Å². The van der Waals surface area contributed by atoms with Crippen LogP contribution in [0.2, 0.25) is 0 Å². The zero-order valence-electron chi connectivity index (χ0n) is 10.8. The Morgan fingerprint density at radius 1 is 1.47 bits per heavy atom. The Kier molecular flexibility index (Phi) is 11.1. The Hall–Kier alpha value is 0.260. The Morgan fingerprint density at radius 3 is 2.47 bits per heavy atom. The summed E-state index contributed by atoms with van der Waals surface area (Å²) in [6.45, 7) is -0.0844. The van der Waals surface area contributed by atoms with E-state index in [1.54, 1.807) is 0 Å². The van der Waals surface area contributed by atoms with E-state index in [4.69, 9.17) is 14.8 Å². The van der Waals surface area contributed by atoms with Crippen LogP contribution in [0.3, 0.4) is 0 Å². The smallest absolute Gasteiger partial charge is 0.301 e. The molecule has 0 aromatic rings. The first-order chi connectivity index (χ1) is 8.94. The highest BCUT2D eigenvalue weighted by Gasteiger charge is 2.41. The van der Waals surface area contributed by atoms with Crippen LogP contribution in [0.4, 0.5) is 0 Å². The van der Waals surface area contributed by atoms with Gasteiger partial charge in [-0.2, -0.15) is 4.21 Å². The Morgan fingerprint density at radius 2 is 2.05 bits per heavy atom. The predicted octanol–water partition coefficient (Wildman–Crippen LogP) is -1.76. The van der Waals surface area contributed by atoms with Gasteiger partial charge in [0, 0.05) is 12.8 Å². The van der Waals surface area contributed by atoms with E-state index in [1.165, 1.54) is 0 Å². The first-order valence-corrected chi connectivity index (χ1v) is 8.49.